The van der Waals surface area contributed by atoms with E-state index in [-0.39, 0.29) is 0 Å². The number of aldehydes is 1. The molecular weight excluding hydrogens is 252 g/mol. The molecule has 2 rings (SSSR count). The summed E-state index contributed by atoms with van der Waals surface area (Å²) in [5.74, 6) is 1.89. The molecule has 94 valence electrons. The van der Waals surface area contributed by atoms with Gasteiger partial charge in [0, 0.05) is 17.7 Å². The lowest BCUT2D eigenvalue weighted by Gasteiger charge is -1.99. The Bertz CT molecular complexity index is 510. The van der Waals surface area contributed by atoms with E-state index in [1.54, 1.807) is 7.11 Å². The van der Waals surface area contributed by atoms with Crippen molar-refractivity contribution in [1.29, 1.82) is 0 Å². The minimum atomic E-state index is 0.464. The van der Waals surface area contributed by atoms with Crippen LogP contribution in [0, 0.1) is 0 Å². The highest BCUT2D eigenvalue weighted by atomic mass is 32.2. The SMILES string of the molecule is COc1ccc(-c2nnc(SCCC=O)o2)cc1. The zero-order chi connectivity index (χ0) is 12.8. The molecule has 0 N–H and O–H groups in total. The molecule has 0 fully saturated rings. The van der Waals surface area contributed by atoms with Crippen molar-refractivity contribution in [3.8, 4) is 17.2 Å². The van der Waals surface area contributed by atoms with Crippen molar-refractivity contribution in [2.45, 2.75) is 11.6 Å². The second-order valence-corrected chi connectivity index (χ2v) is 4.45. The molecule has 0 aliphatic heterocycles. The Morgan fingerprint density at radius 2 is 2.11 bits per heavy atom. The normalized spacial score (nSPS) is 10.3. The molecule has 0 radical (unpaired) electrons. The van der Waals surface area contributed by atoms with Gasteiger partial charge in [-0.3, -0.25) is 0 Å². The molecule has 0 unspecified atom stereocenters. The first-order valence-corrected chi connectivity index (χ1v) is 6.36. The van der Waals surface area contributed by atoms with Crippen molar-refractivity contribution in [3.63, 3.8) is 0 Å². The number of ether oxygens (including phenoxy) is 1. The maximum atomic E-state index is 10.2. The lowest BCUT2D eigenvalue weighted by atomic mass is 10.2. The molecule has 1 aromatic carbocycles. The van der Waals surface area contributed by atoms with E-state index in [1.165, 1.54) is 11.8 Å². The second kappa shape index (κ2) is 6.20. The molecule has 1 heterocycles. The lowest BCUT2D eigenvalue weighted by molar-refractivity contribution is -0.107. The summed E-state index contributed by atoms with van der Waals surface area (Å²) in [6, 6.07) is 7.37. The van der Waals surface area contributed by atoms with Crippen molar-refractivity contribution in [3.05, 3.63) is 24.3 Å². The highest BCUT2D eigenvalue weighted by molar-refractivity contribution is 7.99. The van der Waals surface area contributed by atoms with Crippen molar-refractivity contribution < 1.29 is 13.9 Å². The van der Waals surface area contributed by atoms with Crippen LogP contribution in [0.4, 0.5) is 0 Å². The van der Waals surface area contributed by atoms with Gasteiger partial charge in [-0.15, -0.1) is 10.2 Å². The largest absolute Gasteiger partial charge is 0.497 e. The fourth-order valence-electron chi connectivity index (χ4n) is 1.31. The van der Waals surface area contributed by atoms with E-state index < -0.39 is 0 Å². The Labute approximate surface area is 109 Å². The third-order valence-corrected chi connectivity index (χ3v) is 3.06. The first kappa shape index (κ1) is 12.6. The van der Waals surface area contributed by atoms with Gasteiger partial charge < -0.3 is 13.9 Å². The van der Waals surface area contributed by atoms with Crippen LogP contribution in [0.2, 0.25) is 0 Å². The van der Waals surface area contributed by atoms with E-state index >= 15 is 0 Å². The molecular formula is C12H12N2O3S. The summed E-state index contributed by atoms with van der Waals surface area (Å²) < 4.78 is 10.5. The predicted molar refractivity (Wildman–Crippen MR) is 67.7 cm³/mol. The van der Waals surface area contributed by atoms with Crippen LogP contribution >= 0.6 is 11.8 Å². The fraction of sp³-hybridized carbons (Fsp3) is 0.250. The molecule has 1 aromatic heterocycles. The van der Waals surface area contributed by atoms with Gasteiger partial charge in [0.1, 0.15) is 12.0 Å². The number of nitrogens with zero attached hydrogens (tertiary/aromatic N) is 2. The Hall–Kier alpha value is -1.82. The summed E-state index contributed by atoms with van der Waals surface area (Å²) in [5.41, 5.74) is 0.838. The standard InChI is InChI=1S/C12H12N2O3S/c1-16-10-5-3-9(4-6-10)11-13-14-12(17-11)18-8-2-7-15/h3-7H,2,8H2,1H3. The molecule has 18 heavy (non-hydrogen) atoms. The van der Waals surface area contributed by atoms with Crippen LogP contribution in [0.15, 0.2) is 33.9 Å². The van der Waals surface area contributed by atoms with Crippen LogP contribution in [-0.2, 0) is 4.79 Å². The average Bonchev–Trinajstić information content (AvgIpc) is 2.88. The minimum Gasteiger partial charge on any atom is -0.497 e. The molecule has 0 saturated carbocycles. The second-order valence-electron chi connectivity index (χ2n) is 3.41. The summed E-state index contributed by atoms with van der Waals surface area (Å²) in [6.07, 6.45) is 1.35. The van der Waals surface area contributed by atoms with E-state index in [9.17, 15) is 4.79 Å². The number of benzene rings is 1. The smallest absolute Gasteiger partial charge is 0.276 e. The monoisotopic (exact) mass is 264 g/mol. The molecule has 0 amide bonds. The molecule has 0 bridgehead atoms. The van der Waals surface area contributed by atoms with Crippen LogP contribution in [0.1, 0.15) is 6.42 Å². The maximum Gasteiger partial charge on any atom is 0.276 e. The number of hydrogen-bond acceptors (Lipinski definition) is 6. The predicted octanol–water partition coefficient (Wildman–Crippen LogP) is 2.43. The van der Waals surface area contributed by atoms with Crippen LogP contribution in [0.5, 0.6) is 5.75 Å². The van der Waals surface area contributed by atoms with Crippen LogP contribution in [0.25, 0.3) is 11.5 Å². The zero-order valence-corrected chi connectivity index (χ0v) is 10.6. The van der Waals surface area contributed by atoms with Gasteiger partial charge in [-0.2, -0.15) is 0 Å². The van der Waals surface area contributed by atoms with E-state index in [0.29, 0.717) is 23.3 Å². The van der Waals surface area contributed by atoms with Gasteiger partial charge >= 0.3 is 0 Å². The maximum absolute atomic E-state index is 10.2. The first-order valence-electron chi connectivity index (χ1n) is 5.38. The number of carbonyl (C=O) groups excluding carboxylic acids is 1. The molecule has 0 atom stereocenters. The molecule has 0 aliphatic carbocycles. The summed E-state index contributed by atoms with van der Waals surface area (Å²) in [4.78, 5) is 10.2. The van der Waals surface area contributed by atoms with Gasteiger partial charge in [0.25, 0.3) is 5.22 Å². The van der Waals surface area contributed by atoms with Crippen LogP contribution in [-0.4, -0.2) is 29.3 Å². The molecule has 2 aromatic rings. The number of hydrogen-bond donors (Lipinski definition) is 0. The molecule has 6 heteroatoms. The van der Waals surface area contributed by atoms with Gasteiger partial charge in [-0.1, -0.05) is 11.8 Å². The number of aromatic nitrogens is 2. The highest BCUT2D eigenvalue weighted by Crippen LogP contribution is 2.24. The van der Waals surface area contributed by atoms with E-state index in [0.717, 1.165) is 17.6 Å². The minimum absolute atomic E-state index is 0.464. The number of methoxy groups -OCH3 is 1. The van der Waals surface area contributed by atoms with Crippen molar-refractivity contribution in [1.82, 2.24) is 10.2 Å². The highest BCUT2D eigenvalue weighted by Gasteiger charge is 2.08. The Morgan fingerprint density at radius 1 is 1.33 bits per heavy atom. The zero-order valence-electron chi connectivity index (χ0n) is 9.83. The van der Waals surface area contributed by atoms with Gasteiger partial charge in [0.15, 0.2) is 0 Å². The third-order valence-electron chi connectivity index (χ3n) is 2.20. The number of rotatable bonds is 6. The Balaban J connectivity index is 2.06. The molecule has 0 spiro atoms. The number of carbonyl (C=O) groups is 1. The van der Waals surface area contributed by atoms with Crippen LogP contribution < -0.4 is 4.74 Å². The molecule has 0 aliphatic rings. The van der Waals surface area contributed by atoms with Crippen molar-refractivity contribution >= 4 is 18.0 Å². The summed E-state index contributed by atoms with van der Waals surface area (Å²) in [6.45, 7) is 0. The Kier molecular flexibility index (Phi) is 4.35. The summed E-state index contributed by atoms with van der Waals surface area (Å²) >= 11 is 1.37. The van der Waals surface area contributed by atoms with Gasteiger partial charge in [-0.05, 0) is 24.3 Å². The van der Waals surface area contributed by atoms with Gasteiger partial charge in [-0.25, -0.2) is 0 Å². The van der Waals surface area contributed by atoms with E-state index in [1.807, 2.05) is 24.3 Å². The third kappa shape index (κ3) is 3.10. The van der Waals surface area contributed by atoms with Gasteiger partial charge in [0.2, 0.25) is 5.89 Å². The number of thioether (sulfide) groups is 1. The Morgan fingerprint density at radius 3 is 2.78 bits per heavy atom. The topological polar surface area (TPSA) is 65.2 Å². The first-order chi connectivity index (χ1) is 8.83. The summed E-state index contributed by atoms with van der Waals surface area (Å²) in [7, 11) is 1.61. The fourth-order valence-corrected chi connectivity index (χ4v) is 1.94. The van der Waals surface area contributed by atoms with Crippen molar-refractivity contribution in [2.75, 3.05) is 12.9 Å². The molecule has 0 saturated heterocycles. The van der Waals surface area contributed by atoms with E-state index in [2.05, 4.69) is 10.2 Å². The van der Waals surface area contributed by atoms with E-state index in [4.69, 9.17) is 9.15 Å². The lowest BCUT2D eigenvalue weighted by Crippen LogP contribution is -1.82. The van der Waals surface area contributed by atoms with Crippen LogP contribution in [0.3, 0.4) is 0 Å². The summed E-state index contributed by atoms with van der Waals surface area (Å²) in [5, 5.41) is 8.33. The molecule has 5 nitrogen and oxygen atoms in total. The average molecular weight is 264 g/mol. The van der Waals surface area contributed by atoms with Crippen molar-refractivity contribution in [2.24, 2.45) is 0 Å². The van der Waals surface area contributed by atoms with Gasteiger partial charge in [0.05, 0.1) is 7.11 Å². The quantitative estimate of drug-likeness (QED) is 0.453.